The summed E-state index contributed by atoms with van der Waals surface area (Å²) in [7, 11) is -14.7. The van der Waals surface area contributed by atoms with Gasteiger partial charge in [-0.05, 0) is 6.07 Å². The number of nitrogens with two attached hydrogens (primary N) is 2. The van der Waals surface area contributed by atoms with Gasteiger partial charge in [0.1, 0.15) is 41.9 Å². The Labute approximate surface area is 265 Å². The fraction of sp³-hybridized carbons (Fsp3) is 0.571. The number of carbonyl (C=O) groups excluding carboxylic acids is 1. The van der Waals surface area contributed by atoms with E-state index in [1.54, 1.807) is 0 Å². The van der Waals surface area contributed by atoms with Crippen LogP contribution in [-0.2, 0) is 47.6 Å². The average molecular weight is 735 g/mol. The molecule has 1 amide bonds. The number of carbonyl (C=O) groups is 1. The lowest BCUT2D eigenvalue weighted by Gasteiger charge is -2.23. The minimum absolute atomic E-state index is 0.0468. The molecule has 2 aromatic heterocycles. The minimum atomic E-state index is -5.50. The first kappa shape index (κ1) is 37.6. The van der Waals surface area contributed by atoms with Gasteiger partial charge >= 0.3 is 23.5 Å². The molecular weight excluding hydrogens is 701 g/mol. The number of aromatic nitrogens is 3. The van der Waals surface area contributed by atoms with Crippen molar-refractivity contribution in [2.45, 2.75) is 55.6 Å². The Bertz CT molecular complexity index is 1580. The van der Waals surface area contributed by atoms with Gasteiger partial charge in [-0.3, -0.25) is 22.9 Å². The molecule has 2 unspecified atom stereocenters. The summed E-state index contributed by atoms with van der Waals surface area (Å²) in [6.07, 6.45) is -9.09. The van der Waals surface area contributed by atoms with Crippen LogP contribution in [0.3, 0.4) is 0 Å². The van der Waals surface area contributed by atoms with E-state index >= 15 is 0 Å². The number of phosphoric acid groups is 3. The third kappa shape index (κ3) is 9.06. The first-order valence-electron chi connectivity index (χ1n) is 13.4. The van der Waals surface area contributed by atoms with Crippen molar-refractivity contribution < 1.29 is 85.3 Å². The van der Waals surface area contributed by atoms with E-state index in [-0.39, 0.29) is 17.9 Å². The molecule has 2 aromatic rings. The van der Waals surface area contributed by atoms with Crippen LogP contribution in [0.1, 0.15) is 28.5 Å². The summed E-state index contributed by atoms with van der Waals surface area (Å²) >= 11 is 0. The summed E-state index contributed by atoms with van der Waals surface area (Å²) in [5.41, 5.74) is 11.2. The zero-order valence-corrected chi connectivity index (χ0v) is 26.9. The first-order valence-corrected chi connectivity index (χ1v) is 17.9. The monoisotopic (exact) mass is 735 g/mol. The number of nitrogens with one attached hydrogen (secondary N) is 1. The second-order valence-corrected chi connectivity index (χ2v) is 14.3. The zero-order chi connectivity index (χ0) is 34.9. The molecule has 0 saturated carbocycles. The molecule has 0 aromatic carbocycles. The predicted octanol–water partition coefficient (Wildman–Crippen LogP) is -2.92. The fourth-order valence-electron chi connectivity index (χ4n) is 4.79. The predicted molar refractivity (Wildman–Crippen MR) is 150 cm³/mol. The van der Waals surface area contributed by atoms with Crippen LogP contribution in [0.2, 0.25) is 0 Å². The van der Waals surface area contributed by atoms with E-state index < -0.39 is 91.7 Å². The van der Waals surface area contributed by atoms with Gasteiger partial charge in [0.25, 0.3) is 12.1 Å². The number of rotatable bonds is 15. The maximum Gasteiger partial charge on any atom is 0.481 e. The smallest absolute Gasteiger partial charge is 0.387 e. The Balaban J connectivity index is 1.38. The van der Waals surface area contributed by atoms with Crippen molar-refractivity contribution in [1.29, 1.82) is 0 Å². The molecule has 12 N–H and O–H groups in total. The summed E-state index contributed by atoms with van der Waals surface area (Å²) in [5, 5.41) is 34.3. The highest BCUT2D eigenvalue weighted by atomic mass is 31.3. The number of imidazole rings is 1. The number of ether oxygens (including phenoxy) is 2. The van der Waals surface area contributed by atoms with Gasteiger partial charge in [0.15, 0.2) is 24.7 Å². The van der Waals surface area contributed by atoms with Gasteiger partial charge in [-0.2, -0.15) is 8.88 Å². The summed E-state index contributed by atoms with van der Waals surface area (Å²) in [5.74, 6) is -0.556. The van der Waals surface area contributed by atoms with Crippen LogP contribution in [-0.4, -0.2) is 107 Å². The topological polar surface area (TPSA) is 351 Å². The highest BCUT2D eigenvalue weighted by Crippen LogP contribution is 2.61. The maximum atomic E-state index is 12.5. The Morgan fingerprint density at radius 2 is 1.66 bits per heavy atom. The highest BCUT2D eigenvalue weighted by Gasteiger charge is 2.51. The van der Waals surface area contributed by atoms with Crippen molar-refractivity contribution in [2.75, 3.05) is 25.6 Å². The number of anilines is 1. The molecule has 2 fully saturated rings. The summed E-state index contributed by atoms with van der Waals surface area (Å²) < 4.78 is 68.5. The summed E-state index contributed by atoms with van der Waals surface area (Å²) in [6.45, 7) is -2.05. The number of aliphatic hydroxyl groups is 3. The van der Waals surface area contributed by atoms with Gasteiger partial charge < -0.3 is 61.2 Å². The molecule has 264 valence electrons. The van der Waals surface area contributed by atoms with Crippen molar-refractivity contribution in [1.82, 2.24) is 9.55 Å². The van der Waals surface area contributed by atoms with Crippen LogP contribution in [0.5, 0.6) is 0 Å². The van der Waals surface area contributed by atoms with Crippen molar-refractivity contribution in [3.8, 4) is 0 Å². The third-order valence-electron chi connectivity index (χ3n) is 6.89. The molecule has 0 aliphatic carbocycles. The zero-order valence-electron chi connectivity index (χ0n) is 24.2. The molecule has 4 rings (SSSR count). The van der Waals surface area contributed by atoms with Gasteiger partial charge in [0, 0.05) is 19.7 Å². The first-order chi connectivity index (χ1) is 21.9. The van der Waals surface area contributed by atoms with E-state index in [0.717, 1.165) is 0 Å². The molecule has 2 saturated heterocycles. The van der Waals surface area contributed by atoms with Crippen LogP contribution in [0, 0.1) is 0 Å². The molecule has 23 nitrogen and oxygen atoms in total. The number of primary amides is 1. The summed E-state index contributed by atoms with van der Waals surface area (Å²) in [4.78, 5) is 54.4. The number of nitrogens with zero attached hydrogens (tertiary/aromatic N) is 3. The average Bonchev–Trinajstić information content (AvgIpc) is 3.62. The number of hydrogen-bond acceptors (Lipinski definition) is 16. The Hall–Kier alpha value is -2.24. The van der Waals surface area contributed by atoms with Crippen LogP contribution < -0.4 is 21.4 Å². The number of aliphatic hydroxyl groups excluding tert-OH is 3. The fourth-order valence-corrected chi connectivity index (χ4v) is 7.43. The molecular formula is C21H34N6O17P3+. The molecule has 0 spiro atoms. The summed E-state index contributed by atoms with van der Waals surface area (Å²) in [6, 6.07) is 2.80. The SMILES string of the molecule is CNc1c(CN)ncn1[C@@H]1O[C@H](COP(=O)(O)OP(=O)(O)OC[C@H]2O[C@@H]([n+]3cccc(C(N)=O)c3)[C@H](O)[C@@H]2O)[C@@H](O)[C@H]1OP(=O)(O)O. The lowest BCUT2D eigenvalue weighted by molar-refractivity contribution is -0.765. The van der Waals surface area contributed by atoms with Crippen LogP contribution in [0.4, 0.5) is 5.82 Å². The van der Waals surface area contributed by atoms with E-state index in [4.69, 9.17) is 30.0 Å². The van der Waals surface area contributed by atoms with Crippen molar-refractivity contribution in [3.63, 3.8) is 0 Å². The number of phosphoric ester groups is 3. The molecule has 2 aliphatic rings. The number of hydrogen-bond donors (Lipinski definition) is 10. The Morgan fingerprint density at radius 3 is 2.21 bits per heavy atom. The normalized spacial score (nSPS) is 30.6. The van der Waals surface area contributed by atoms with Crippen LogP contribution >= 0.6 is 23.5 Å². The highest BCUT2D eigenvalue weighted by molar-refractivity contribution is 7.61. The van der Waals surface area contributed by atoms with E-state index in [2.05, 4.69) is 19.1 Å². The van der Waals surface area contributed by atoms with Gasteiger partial charge in [-0.25, -0.2) is 18.7 Å². The van der Waals surface area contributed by atoms with E-state index in [9.17, 15) is 53.4 Å². The third-order valence-corrected chi connectivity index (χ3v) is 10.0. The quantitative estimate of drug-likeness (QED) is 0.0646. The molecule has 4 heterocycles. The maximum absolute atomic E-state index is 12.5. The lowest BCUT2D eigenvalue weighted by atomic mass is 10.1. The van der Waals surface area contributed by atoms with Gasteiger partial charge in [0.2, 0.25) is 0 Å². The lowest BCUT2D eigenvalue weighted by Crippen LogP contribution is -2.46. The van der Waals surface area contributed by atoms with Crippen LogP contribution in [0.15, 0.2) is 30.9 Å². The Kier molecular flexibility index (Phi) is 11.8. The largest absolute Gasteiger partial charge is 0.481 e. The molecule has 47 heavy (non-hydrogen) atoms. The van der Waals surface area contributed by atoms with E-state index in [1.807, 2.05) is 0 Å². The molecule has 0 bridgehead atoms. The van der Waals surface area contributed by atoms with E-state index in [1.165, 1.54) is 47.0 Å². The van der Waals surface area contributed by atoms with Crippen molar-refractivity contribution in [2.24, 2.45) is 11.5 Å². The van der Waals surface area contributed by atoms with Gasteiger partial charge in [-0.1, -0.05) is 0 Å². The van der Waals surface area contributed by atoms with Gasteiger partial charge in [0.05, 0.1) is 25.2 Å². The van der Waals surface area contributed by atoms with E-state index in [0.29, 0.717) is 5.69 Å². The second kappa shape index (κ2) is 14.7. The molecule has 10 atom stereocenters. The van der Waals surface area contributed by atoms with Crippen LogP contribution in [0.25, 0.3) is 0 Å². The minimum Gasteiger partial charge on any atom is -0.387 e. The molecule has 26 heteroatoms. The van der Waals surface area contributed by atoms with Gasteiger partial charge in [-0.15, -0.1) is 0 Å². The Morgan fingerprint density at radius 1 is 1.04 bits per heavy atom. The molecule has 0 radical (unpaired) electrons. The van der Waals surface area contributed by atoms with Crippen molar-refractivity contribution >= 4 is 35.2 Å². The number of pyridine rings is 1. The molecule has 2 aliphatic heterocycles. The number of amides is 1. The standard InChI is InChI=1S/C21H33N6O17P3/c1-24-19-11(5-22)25-9-27(19)21-17(43-45(32,33)34)15(29)13(42-21)8-40-47(37,38)44-46(35,36)39-7-12-14(28)16(30)20(41-12)26-4-2-3-10(6-26)18(23)31/h2-4,6,9,12-17,20-21,24,28-30H,5,7-8,22H2,1H3,(H5-,23,31,32,33,34,35,36,37,38)/p+1/t12-,13-,14-,15-,16-,17-,20-,21-/m1/s1. The van der Waals surface area contributed by atoms with Crippen molar-refractivity contribution in [3.05, 3.63) is 42.1 Å². The second-order valence-electron chi connectivity index (χ2n) is 10.1.